The van der Waals surface area contributed by atoms with Crippen LogP contribution in [0.25, 0.3) is 0 Å². The van der Waals surface area contributed by atoms with Gasteiger partial charge in [0, 0.05) is 50.4 Å². The van der Waals surface area contributed by atoms with E-state index in [-0.39, 0.29) is 12.1 Å². The Morgan fingerprint density at radius 3 is 2.96 bits per heavy atom. The van der Waals surface area contributed by atoms with Crippen molar-refractivity contribution in [2.24, 2.45) is 0 Å². The SMILES string of the molecule is CC(C)(C)OC(=O)N1CCCC1CN1CCc2nc(N)ncc2C1. The van der Waals surface area contributed by atoms with Crippen LogP contribution in [0.3, 0.4) is 0 Å². The van der Waals surface area contributed by atoms with E-state index in [1.54, 1.807) is 0 Å². The molecule has 0 spiro atoms. The second-order valence-corrected chi connectivity index (χ2v) is 7.66. The van der Waals surface area contributed by atoms with Gasteiger partial charge in [-0.05, 0) is 33.6 Å². The van der Waals surface area contributed by atoms with Gasteiger partial charge in [0.15, 0.2) is 0 Å². The number of nitrogens with zero attached hydrogens (tertiary/aromatic N) is 4. The zero-order valence-electron chi connectivity index (χ0n) is 14.8. The molecule has 1 unspecified atom stereocenters. The zero-order valence-corrected chi connectivity index (χ0v) is 14.8. The molecule has 1 aromatic heterocycles. The first kappa shape index (κ1) is 17.0. The van der Waals surface area contributed by atoms with Crippen molar-refractivity contribution in [1.29, 1.82) is 0 Å². The third-order valence-electron chi connectivity index (χ3n) is 4.51. The zero-order chi connectivity index (χ0) is 17.3. The van der Waals surface area contributed by atoms with Gasteiger partial charge in [0.1, 0.15) is 5.60 Å². The molecule has 3 rings (SSSR count). The predicted octanol–water partition coefficient (Wildman–Crippen LogP) is 1.82. The number of nitrogen functional groups attached to an aromatic ring is 1. The Morgan fingerprint density at radius 2 is 2.21 bits per heavy atom. The van der Waals surface area contributed by atoms with Crippen LogP contribution in [0.2, 0.25) is 0 Å². The molecule has 24 heavy (non-hydrogen) atoms. The van der Waals surface area contributed by atoms with Crippen LogP contribution in [0.5, 0.6) is 0 Å². The molecule has 2 N–H and O–H groups in total. The van der Waals surface area contributed by atoms with Gasteiger partial charge in [0.05, 0.1) is 5.69 Å². The van der Waals surface area contributed by atoms with E-state index in [0.717, 1.165) is 56.7 Å². The van der Waals surface area contributed by atoms with Crippen molar-refractivity contribution in [3.8, 4) is 0 Å². The van der Waals surface area contributed by atoms with E-state index in [0.29, 0.717) is 5.95 Å². The Hall–Kier alpha value is -1.89. The van der Waals surface area contributed by atoms with Crippen LogP contribution in [0.15, 0.2) is 6.20 Å². The molecule has 0 bridgehead atoms. The molecule has 0 aliphatic carbocycles. The lowest BCUT2D eigenvalue weighted by atomic mass is 10.1. The van der Waals surface area contributed by atoms with Crippen molar-refractivity contribution in [3.05, 3.63) is 17.5 Å². The maximum atomic E-state index is 12.4. The van der Waals surface area contributed by atoms with Crippen LogP contribution in [0, 0.1) is 0 Å². The van der Waals surface area contributed by atoms with Crippen LogP contribution in [0.4, 0.5) is 10.7 Å². The fourth-order valence-corrected chi connectivity index (χ4v) is 3.43. The molecule has 1 fully saturated rings. The number of ether oxygens (including phenoxy) is 1. The van der Waals surface area contributed by atoms with E-state index < -0.39 is 5.60 Å². The molecule has 0 saturated carbocycles. The first-order chi connectivity index (χ1) is 11.3. The van der Waals surface area contributed by atoms with E-state index in [4.69, 9.17) is 10.5 Å². The number of likely N-dealkylation sites (tertiary alicyclic amines) is 1. The lowest BCUT2D eigenvalue weighted by Crippen LogP contribution is -2.46. The maximum Gasteiger partial charge on any atom is 0.410 e. The summed E-state index contributed by atoms with van der Waals surface area (Å²) in [6, 6.07) is 0.219. The molecule has 1 atom stereocenters. The average Bonchev–Trinajstić information content (AvgIpc) is 2.94. The fourth-order valence-electron chi connectivity index (χ4n) is 3.43. The van der Waals surface area contributed by atoms with Crippen LogP contribution in [-0.2, 0) is 17.7 Å². The largest absolute Gasteiger partial charge is 0.444 e. The summed E-state index contributed by atoms with van der Waals surface area (Å²) in [5.41, 5.74) is 7.39. The minimum absolute atomic E-state index is 0.196. The monoisotopic (exact) mass is 333 g/mol. The van der Waals surface area contributed by atoms with Crippen LogP contribution in [0.1, 0.15) is 44.9 Å². The highest BCUT2D eigenvalue weighted by molar-refractivity contribution is 5.69. The van der Waals surface area contributed by atoms with E-state index in [2.05, 4.69) is 14.9 Å². The Kier molecular flexibility index (Phi) is 4.62. The standard InChI is InChI=1S/C17H27N5O2/c1-17(2,3)24-16(23)22-7-4-5-13(22)11-21-8-6-14-12(10-21)9-19-15(18)20-14/h9,13H,4-8,10-11H2,1-3H3,(H2,18,19,20). The minimum Gasteiger partial charge on any atom is -0.444 e. The molecule has 3 heterocycles. The van der Waals surface area contributed by atoms with E-state index >= 15 is 0 Å². The van der Waals surface area contributed by atoms with Gasteiger partial charge in [-0.15, -0.1) is 0 Å². The van der Waals surface area contributed by atoms with Crippen molar-refractivity contribution < 1.29 is 9.53 Å². The number of fused-ring (bicyclic) bond motifs is 1. The highest BCUT2D eigenvalue weighted by atomic mass is 16.6. The van der Waals surface area contributed by atoms with Gasteiger partial charge < -0.3 is 15.4 Å². The first-order valence-corrected chi connectivity index (χ1v) is 8.64. The number of amides is 1. The Balaban J connectivity index is 1.61. The quantitative estimate of drug-likeness (QED) is 0.888. The van der Waals surface area contributed by atoms with Gasteiger partial charge in [-0.1, -0.05) is 0 Å². The number of nitrogens with two attached hydrogens (primary N) is 1. The molecule has 132 valence electrons. The molecule has 2 aliphatic rings. The normalized spacial score (nSPS) is 21.6. The highest BCUT2D eigenvalue weighted by Gasteiger charge is 2.33. The Bertz CT molecular complexity index is 613. The number of rotatable bonds is 2. The van der Waals surface area contributed by atoms with Crippen LogP contribution < -0.4 is 5.73 Å². The lowest BCUT2D eigenvalue weighted by Gasteiger charge is -2.34. The maximum absolute atomic E-state index is 12.4. The number of hydrogen-bond acceptors (Lipinski definition) is 6. The van der Waals surface area contributed by atoms with Crippen molar-refractivity contribution in [2.45, 2.75) is 58.2 Å². The number of aromatic nitrogens is 2. The van der Waals surface area contributed by atoms with Crippen molar-refractivity contribution in [3.63, 3.8) is 0 Å². The summed E-state index contributed by atoms with van der Waals surface area (Å²) in [6.07, 6.45) is 4.57. The molecule has 0 radical (unpaired) electrons. The summed E-state index contributed by atoms with van der Waals surface area (Å²) in [5.74, 6) is 0.342. The summed E-state index contributed by atoms with van der Waals surface area (Å²) in [7, 11) is 0. The molecule has 1 amide bonds. The average molecular weight is 333 g/mol. The summed E-state index contributed by atoms with van der Waals surface area (Å²) >= 11 is 0. The summed E-state index contributed by atoms with van der Waals surface area (Å²) in [4.78, 5) is 25.1. The Labute approximate surface area is 143 Å². The van der Waals surface area contributed by atoms with Gasteiger partial charge in [0.25, 0.3) is 0 Å². The second-order valence-electron chi connectivity index (χ2n) is 7.66. The number of anilines is 1. The topological polar surface area (TPSA) is 84.6 Å². The highest BCUT2D eigenvalue weighted by Crippen LogP contribution is 2.24. The lowest BCUT2D eigenvalue weighted by molar-refractivity contribution is 0.0192. The molecular weight excluding hydrogens is 306 g/mol. The van der Waals surface area contributed by atoms with Gasteiger partial charge in [0.2, 0.25) is 5.95 Å². The number of hydrogen-bond donors (Lipinski definition) is 1. The van der Waals surface area contributed by atoms with Gasteiger partial charge in [-0.2, -0.15) is 0 Å². The van der Waals surface area contributed by atoms with Crippen molar-refractivity contribution in [2.75, 3.05) is 25.4 Å². The number of carbonyl (C=O) groups is 1. The van der Waals surface area contributed by atoms with Gasteiger partial charge >= 0.3 is 6.09 Å². The molecule has 2 aliphatic heterocycles. The molecule has 1 aromatic rings. The van der Waals surface area contributed by atoms with E-state index in [1.165, 1.54) is 0 Å². The predicted molar refractivity (Wildman–Crippen MR) is 91.4 cm³/mol. The summed E-state index contributed by atoms with van der Waals surface area (Å²) < 4.78 is 5.55. The molecule has 1 saturated heterocycles. The minimum atomic E-state index is -0.453. The van der Waals surface area contributed by atoms with Crippen molar-refractivity contribution in [1.82, 2.24) is 19.8 Å². The van der Waals surface area contributed by atoms with Gasteiger partial charge in [-0.3, -0.25) is 4.90 Å². The summed E-state index contributed by atoms with van der Waals surface area (Å²) in [5, 5.41) is 0. The third-order valence-corrected chi connectivity index (χ3v) is 4.51. The first-order valence-electron chi connectivity index (χ1n) is 8.64. The third kappa shape index (κ3) is 3.95. The molecule has 7 heteroatoms. The van der Waals surface area contributed by atoms with Crippen LogP contribution in [-0.4, -0.2) is 57.1 Å². The Morgan fingerprint density at radius 1 is 1.42 bits per heavy atom. The fraction of sp³-hybridized carbons (Fsp3) is 0.706. The molecular formula is C17H27N5O2. The smallest absolute Gasteiger partial charge is 0.410 e. The molecule has 7 nitrogen and oxygen atoms in total. The van der Waals surface area contributed by atoms with Crippen molar-refractivity contribution >= 4 is 12.0 Å². The van der Waals surface area contributed by atoms with Crippen LogP contribution >= 0.6 is 0 Å². The second kappa shape index (κ2) is 6.55. The molecule has 0 aromatic carbocycles. The number of carbonyl (C=O) groups excluding carboxylic acids is 1. The van der Waals surface area contributed by atoms with E-state index in [1.807, 2.05) is 31.9 Å². The summed E-state index contributed by atoms with van der Waals surface area (Å²) in [6.45, 7) is 9.11. The van der Waals surface area contributed by atoms with E-state index in [9.17, 15) is 4.79 Å². The van der Waals surface area contributed by atoms with Gasteiger partial charge in [-0.25, -0.2) is 14.8 Å².